The highest BCUT2D eigenvalue weighted by molar-refractivity contribution is 7.99. The predicted octanol–water partition coefficient (Wildman–Crippen LogP) is 3.97. The molecule has 0 saturated heterocycles. The van der Waals surface area contributed by atoms with Gasteiger partial charge < -0.3 is 5.32 Å². The Balaban J connectivity index is 1.78. The first-order valence-electron chi connectivity index (χ1n) is 6.73. The zero-order chi connectivity index (χ0) is 13.1. The molecule has 1 aliphatic heterocycles. The van der Waals surface area contributed by atoms with E-state index >= 15 is 0 Å². The zero-order valence-electron chi connectivity index (χ0n) is 11.0. The molecule has 19 heavy (non-hydrogen) atoms. The van der Waals surface area contributed by atoms with Crippen molar-refractivity contribution in [3.05, 3.63) is 59.9 Å². The van der Waals surface area contributed by atoms with Gasteiger partial charge in [-0.1, -0.05) is 24.3 Å². The first-order valence-corrected chi connectivity index (χ1v) is 7.72. The van der Waals surface area contributed by atoms with E-state index in [2.05, 4.69) is 47.6 Å². The van der Waals surface area contributed by atoms with Crippen LogP contribution in [-0.2, 0) is 0 Å². The van der Waals surface area contributed by atoms with E-state index in [1.807, 2.05) is 30.1 Å². The minimum atomic E-state index is 0.280. The number of aromatic nitrogens is 1. The van der Waals surface area contributed by atoms with Gasteiger partial charge in [-0.25, -0.2) is 0 Å². The van der Waals surface area contributed by atoms with Gasteiger partial charge in [-0.2, -0.15) is 0 Å². The molecule has 3 heteroatoms. The minimum absolute atomic E-state index is 0.280. The number of rotatable bonds is 3. The number of nitrogens with zero attached hydrogens (tertiary/aromatic N) is 1. The highest BCUT2D eigenvalue weighted by Gasteiger charge is 2.22. The van der Waals surface area contributed by atoms with Crippen LogP contribution in [0.5, 0.6) is 0 Å². The fourth-order valence-electron chi connectivity index (χ4n) is 2.53. The molecule has 0 amide bonds. The number of thioether (sulfide) groups is 1. The highest BCUT2D eigenvalue weighted by Crippen LogP contribution is 2.36. The lowest BCUT2D eigenvalue weighted by molar-refractivity contribution is 0.444. The second-order valence-corrected chi connectivity index (χ2v) is 6.01. The first kappa shape index (κ1) is 12.7. The third-order valence-corrected chi connectivity index (χ3v) is 4.66. The van der Waals surface area contributed by atoms with Crippen molar-refractivity contribution in [3.63, 3.8) is 0 Å². The molecule has 1 N–H and O–H groups in total. The van der Waals surface area contributed by atoms with Crippen LogP contribution in [0.4, 0.5) is 0 Å². The van der Waals surface area contributed by atoms with Crippen LogP contribution in [0.2, 0.25) is 0 Å². The van der Waals surface area contributed by atoms with Crippen molar-refractivity contribution in [1.82, 2.24) is 10.3 Å². The summed E-state index contributed by atoms with van der Waals surface area (Å²) in [4.78, 5) is 5.85. The number of hydrogen-bond donors (Lipinski definition) is 1. The van der Waals surface area contributed by atoms with E-state index in [0.29, 0.717) is 6.04 Å². The van der Waals surface area contributed by atoms with Gasteiger partial charge in [0.1, 0.15) is 0 Å². The van der Waals surface area contributed by atoms with E-state index in [0.717, 1.165) is 5.69 Å². The van der Waals surface area contributed by atoms with E-state index in [9.17, 15) is 0 Å². The Labute approximate surface area is 118 Å². The molecular formula is C16H18N2S. The molecule has 0 saturated carbocycles. The molecule has 1 aliphatic rings. The maximum absolute atomic E-state index is 4.43. The molecule has 0 radical (unpaired) electrons. The van der Waals surface area contributed by atoms with Gasteiger partial charge in [0.2, 0.25) is 0 Å². The van der Waals surface area contributed by atoms with E-state index in [1.54, 1.807) is 0 Å². The summed E-state index contributed by atoms with van der Waals surface area (Å²) < 4.78 is 0. The lowest BCUT2D eigenvalue weighted by Gasteiger charge is -2.28. The normalized spacial score (nSPS) is 19.7. The molecule has 0 aliphatic carbocycles. The highest BCUT2D eigenvalue weighted by atomic mass is 32.2. The lowest BCUT2D eigenvalue weighted by Crippen LogP contribution is -2.27. The van der Waals surface area contributed by atoms with Crippen molar-refractivity contribution in [2.24, 2.45) is 0 Å². The molecule has 2 heterocycles. The van der Waals surface area contributed by atoms with Crippen molar-refractivity contribution < 1.29 is 0 Å². The van der Waals surface area contributed by atoms with Crippen LogP contribution in [0.3, 0.4) is 0 Å². The van der Waals surface area contributed by atoms with Crippen LogP contribution in [0.1, 0.15) is 36.7 Å². The van der Waals surface area contributed by atoms with E-state index in [4.69, 9.17) is 0 Å². The minimum Gasteiger partial charge on any atom is -0.302 e. The van der Waals surface area contributed by atoms with Crippen molar-refractivity contribution in [1.29, 1.82) is 0 Å². The molecule has 0 fully saturated rings. The summed E-state index contributed by atoms with van der Waals surface area (Å²) in [5.74, 6) is 1.18. The Kier molecular flexibility index (Phi) is 3.85. The SMILES string of the molecule is CC(NC1CCSc2ccccc21)c1ccccn1. The van der Waals surface area contributed by atoms with Crippen LogP contribution < -0.4 is 5.32 Å². The molecule has 0 bridgehead atoms. The Morgan fingerprint density at radius 1 is 1.21 bits per heavy atom. The summed E-state index contributed by atoms with van der Waals surface area (Å²) in [6.07, 6.45) is 3.04. The smallest absolute Gasteiger partial charge is 0.0570 e. The van der Waals surface area contributed by atoms with Gasteiger partial charge in [0.15, 0.2) is 0 Å². The largest absolute Gasteiger partial charge is 0.302 e. The van der Waals surface area contributed by atoms with Gasteiger partial charge in [0.05, 0.1) is 5.69 Å². The monoisotopic (exact) mass is 270 g/mol. The molecule has 98 valence electrons. The second kappa shape index (κ2) is 5.76. The van der Waals surface area contributed by atoms with Crippen molar-refractivity contribution >= 4 is 11.8 Å². The van der Waals surface area contributed by atoms with Crippen LogP contribution in [-0.4, -0.2) is 10.7 Å². The Morgan fingerprint density at radius 2 is 2.05 bits per heavy atom. The Morgan fingerprint density at radius 3 is 2.89 bits per heavy atom. The summed E-state index contributed by atoms with van der Waals surface area (Å²) in [5.41, 5.74) is 2.54. The number of nitrogens with one attached hydrogen (secondary N) is 1. The number of fused-ring (bicyclic) bond motifs is 1. The molecular weight excluding hydrogens is 252 g/mol. The summed E-state index contributed by atoms with van der Waals surface area (Å²) in [7, 11) is 0. The van der Waals surface area contributed by atoms with E-state index < -0.39 is 0 Å². The molecule has 3 rings (SSSR count). The van der Waals surface area contributed by atoms with Gasteiger partial charge in [0, 0.05) is 23.2 Å². The maximum Gasteiger partial charge on any atom is 0.0570 e. The lowest BCUT2D eigenvalue weighted by atomic mass is 10.0. The maximum atomic E-state index is 4.43. The van der Waals surface area contributed by atoms with E-state index in [-0.39, 0.29) is 6.04 Å². The topological polar surface area (TPSA) is 24.9 Å². The quantitative estimate of drug-likeness (QED) is 0.913. The molecule has 1 aromatic carbocycles. The summed E-state index contributed by atoms with van der Waals surface area (Å²) in [5, 5.41) is 3.72. The van der Waals surface area contributed by atoms with Crippen molar-refractivity contribution in [3.8, 4) is 0 Å². The molecule has 0 spiro atoms. The third kappa shape index (κ3) is 2.82. The summed E-state index contributed by atoms with van der Waals surface area (Å²) in [6, 6.07) is 15.5. The number of pyridine rings is 1. The van der Waals surface area contributed by atoms with Gasteiger partial charge >= 0.3 is 0 Å². The van der Waals surface area contributed by atoms with Crippen LogP contribution in [0, 0.1) is 0 Å². The van der Waals surface area contributed by atoms with Gasteiger partial charge in [-0.3, -0.25) is 4.98 Å². The fraction of sp³-hybridized carbons (Fsp3) is 0.312. The Hall–Kier alpha value is -1.32. The van der Waals surface area contributed by atoms with Crippen molar-refractivity contribution in [2.45, 2.75) is 30.3 Å². The average molecular weight is 270 g/mol. The van der Waals surface area contributed by atoms with Gasteiger partial charge in [-0.15, -0.1) is 11.8 Å². The second-order valence-electron chi connectivity index (χ2n) is 4.87. The standard InChI is InChI=1S/C16H18N2S/c1-12(14-7-4-5-10-17-14)18-15-9-11-19-16-8-3-2-6-13(15)16/h2-8,10,12,15,18H,9,11H2,1H3. The average Bonchev–Trinajstić information content (AvgIpc) is 2.48. The molecule has 1 aromatic heterocycles. The van der Waals surface area contributed by atoms with Crippen LogP contribution in [0.25, 0.3) is 0 Å². The zero-order valence-corrected chi connectivity index (χ0v) is 11.9. The molecule has 2 unspecified atom stereocenters. The molecule has 2 nitrogen and oxygen atoms in total. The summed E-state index contributed by atoms with van der Waals surface area (Å²) in [6.45, 7) is 2.19. The van der Waals surface area contributed by atoms with Crippen molar-refractivity contribution in [2.75, 3.05) is 5.75 Å². The fourth-order valence-corrected chi connectivity index (χ4v) is 3.66. The Bertz CT molecular complexity index is 541. The first-order chi connectivity index (χ1) is 9.34. The molecule has 2 aromatic rings. The molecule has 2 atom stereocenters. The van der Waals surface area contributed by atoms with Gasteiger partial charge in [0.25, 0.3) is 0 Å². The third-order valence-electron chi connectivity index (χ3n) is 3.54. The van der Waals surface area contributed by atoms with E-state index in [1.165, 1.54) is 22.6 Å². The summed E-state index contributed by atoms with van der Waals surface area (Å²) >= 11 is 1.96. The number of hydrogen-bond acceptors (Lipinski definition) is 3. The van der Waals surface area contributed by atoms with Gasteiger partial charge in [-0.05, 0) is 42.9 Å². The number of benzene rings is 1. The van der Waals surface area contributed by atoms with Crippen LogP contribution in [0.15, 0.2) is 53.6 Å². The van der Waals surface area contributed by atoms with Crippen LogP contribution >= 0.6 is 11.8 Å². The predicted molar refractivity (Wildman–Crippen MR) is 80.3 cm³/mol.